The van der Waals surface area contributed by atoms with Gasteiger partial charge < -0.3 is 21.7 Å². The summed E-state index contributed by atoms with van der Waals surface area (Å²) >= 11 is 0. The number of nitrogens with zero attached hydrogens (tertiary/aromatic N) is 6. The van der Waals surface area contributed by atoms with Gasteiger partial charge in [0, 0.05) is 12.7 Å². The van der Waals surface area contributed by atoms with Gasteiger partial charge in [-0.15, -0.1) is 0 Å². The highest BCUT2D eigenvalue weighted by atomic mass is 16.3. The minimum absolute atomic E-state index is 0.0319. The number of nitrogens with two attached hydrogens (primary N) is 2. The van der Waals surface area contributed by atoms with Gasteiger partial charge in [0.1, 0.15) is 17.1 Å². The molecule has 0 fully saturated rings. The van der Waals surface area contributed by atoms with Crippen molar-refractivity contribution < 1.29 is 15.0 Å². The first kappa shape index (κ1) is 23.6. The highest BCUT2D eigenvalue weighted by Crippen LogP contribution is 2.23. The minimum Gasteiger partial charge on any atom is -0.504 e. The van der Waals surface area contributed by atoms with Crippen molar-refractivity contribution in [1.29, 1.82) is 5.41 Å². The lowest BCUT2D eigenvalue weighted by Crippen LogP contribution is -2.19. The van der Waals surface area contributed by atoms with Crippen molar-refractivity contribution in [3.05, 3.63) is 76.4 Å². The standard InChI is InChI=1S/C23H25N9O3/c1-12-10-31-16(9-27-12)17(28-23(31)22(26)35)20(24)29-21(25)18-19(34)13(2)30-32(18)8-7-14-3-5-15(11-33)6-4-14/h3-6,9-10,33-34H,7-8,11H2,1-2H3,(H2,26,35)(H3,24,25,29). The summed E-state index contributed by atoms with van der Waals surface area (Å²) in [6, 6.07) is 7.47. The fourth-order valence-electron chi connectivity index (χ4n) is 3.69. The molecular weight excluding hydrogens is 450 g/mol. The zero-order valence-electron chi connectivity index (χ0n) is 19.2. The van der Waals surface area contributed by atoms with E-state index >= 15 is 0 Å². The Morgan fingerprint density at radius 3 is 2.51 bits per heavy atom. The van der Waals surface area contributed by atoms with Gasteiger partial charge in [0.15, 0.2) is 17.4 Å². The Kier molecular flexibility index (Phi) is 6.30. The van der Waals surface area contributed by atoms with E-state index in [1.165, 1.54) is 15.3 Å². The molecule has 1 amide bonds. The van der Waals surface area contributed by atoms with Crippen LogP contribution in [0.15, 0.2) is 41.7 Å². The Labute approximate surface area is 200 Å². The van der Waals surface area contributed by atoms with Crippen LogP contribution >= 0.6 is 0 Å². The number of carbonyl (C=O) groups excluding carboxylic acids is 1. The number of carbonyl (C=O) groups is 1. The molecule has 1 aromatic carbocycles. The van der Waals surface area contributed by atoms with Crippen LogP contribution in [0.1, 0.15) is 44.5 Å². The number of aryl methyl sites for hydroxylation is 4. The summed E-state index contributed by atoms with van der Waals surface area (Å²) in [6.07, 6.45) is 3.66. The molecule has 0 atom stereocenters. The smallest absolute Gasteiger partial charge is 0.285 e. The first-order valence-corrected chi connectivity index (χ1v) is 10.7. The number of aliphatic hydroxyl groups is 1. The van der Waals surface area contributed by atoms with Crippen LogP contribution in [0.4, 0.5) is 0 Å². The number of aliphatic imine (C=N–C) groups is 1. The third kappa shape index (κ3) is 4.59. The number of aromatic nitrogens is 5. The highest BCUT2D eigenvalue weighted by Gasteiger charge is 2.22. The molecule has 4 aromatic rings. The second-order valence-corrected chi connectivity index (χ2v) is 8.01. The van der Waals surface area contributed by atoms with Crippen LogP contribution < -0.4 is 11.5 Å². The molecule has 4 rings (SSSR count). The van der Waals surface area contributed by atoms with Crippen molar-refractivity contribution in [2.75, 3.05) is 0 Å². The van der Waals surface area contributed by atoms with E-state index in [0.29, 0.717) is 29.9 Å². The molecule has 180 valence electrons. The highest BCUT2D eigenvalue weighted by molar-refractivity contribution is 6.12. The molecule has 35 heavy (non-hydrogen) atoms. The lowest BCUT2D eigenvalue weighted by molar-refractivity contribution is 0.0990. The Balaban J connectivity index is 1.65. The van der Waals surface area contributed by atoms with E-state index in [1.807, 2.05) is 24.3 Å². The quantitative estimate of drug-likeness (QED) is 0.193. The number of aromatic hydroxyl groups is 1. The second-order valence-electron chi connectivity index (χ2n) is 8.01. The molecule has 0 saturated heterocycles. The summed E-state index contributed by atoms with van der Waals surface area (Å²) in [5, 5.41) is 32.6. The van der Waals surface area contributed by atoms with Gasteiger partial charge in [-0.05, 0) is 31.4 Å². The van der Waals surface area contributed by atoms with Gasteiger partial charge in [-0.25, -0.2) is 9.98 Å². The molecule has 3 aromatic heterocycles. The van der Waals surface area contributed by atoms with Gasteiger partial charge in [0.2, 0.25) is 5.82 Å². The van der Waals surface area contributed by atoms with Gasteiger partial charge in [-0.1, -0.05) is 24.3 Å². The average molecular weight is 476 g/mol. The summed E-state index contributed by atoms with van der Waals surface area (Å²) < 4.78 is 2.97. The minimum atomic E-state index is -0.752. The van der Waals surface area contributed by atoms with E-state index < -0.39 is 5.91 Å². The third-order valence-corrected chi connectivity index (χ3v) is 5.49. The zero-order valence-corrected chi connectivity index (χ0v) is 19.2. The Hall–Kier alpha value is -4.58. The molecule has 0 aliphatic heterocycles. The molecule has 12 heteroatoms. The van der Waals surface area contributed by atoms with Gasteiger partial charge >= 0.3 is 0 Å². The number of hydrogen-bond acceptors (Lipinski definition) is 7. The number of benzene rings is 1. The SMILES string of the molecule is Cc1cn2c(C(N)=O)nc(/C(N)=N/C(=N)c3c(O)c(C)nn3CCc3ccc(CO)cc3)c2cn1. The van der Waals surface area contributed by atoms with Crippen LogP contribution in [0.2, 0.25) is 0 Å². The van der Waals surface area contributed by atoms with Crippen molar-refractivity contribution in [3.8, 4) is 5.75 Å². The molecule has 0 spiro atoms. The molecule has 0 aliphatic rings. The number of fused-ring (bicyclic) bond motifs is 1. The number of hydrogen-bond donors (Lipinski definition) is 5. The maximum Gasteiger partial charge on any atom is 0.285 e. The van der Waals surface area contributed by atoms with Crippen LogP contribution in [0, 0.1) is 19.3 Å². The lowest BCUT2D eigenvalue weighted by atomic mass is 10.1. The predicted octanol–water partition coefficient (Wildman–Crippen LogP) is 0.813. The number of aliphatic hydroxyl groups excluding tert-OH is 1. The van der Waals surface area contributed by atoms with Crippen molar-refractivity contribution in [3.63, 3.8) is 0 Å². The fraction of sp³-hybridized carbons (Fsp3) is 0.217. The van der Waals surface area contributed by atoms with Crippen LogP contribution in [0.3, 0.4) is 0 Å². The number of amidine groups is 2. The van der Waals surface area contributed by atoms with E-state index in [4.69, 9.17) is 16.9 Å². The number of imidazole rings is 1. The van der Waals surface area contributed by atoms with Crippen LogP contribution in [0.25, 0.3) is 5.52 Å². The number of primary amides is 1. The van der Waals surface area contributed by atoms with Crippen LogP contribution in [-0.4, -0.2) is 51.9 Å². The van der Waals surface area contributed by atoms with Crippen molar-refractivity contribution in [1.82, 2.24) is 24.1 Å². The molecule has 0 saturated carbocycles. The summed E-state index contributed by atoms with van der Waals surface area (Å²) in [5.74, 6) is -1.43. The van der Waals surface area contributed by atoms with Crippen molar-refractivity contribution in [2.24, 2.45) is 16.5 Å². The second kappa shape index (κ2) is 9.35. The summed E-state index contributed by atoms with van der Waals surface area (Å²) in [6.45, 7) is 3.72. The molecule has 0 radical (unpaired) electrons. The fourth-order valence-corrected chi connectivity index (χ4v) is 3.69. The largest absolute Gasteiger partial charge is 0.504 e. The van der Waals surface area contributed by atoms with E-state index in [1.54, 1.807) is 20.0 Å². The third-order valence-electron chi connectivity index (χ3n) is 5.49. The number of amides is 1. The summed E-state index contributed by atoms with van der Waals surface area (Å²) in [5.41, 5.74) is 15.1. The zero-order chi connectivity index (χ0) is 25.3. The van der Waals surface area contributed by atoms with Gasteiger partial charge in [0.25, 0.3) is 5.91 Å². The molecule has 0 unspecified atom stereocenters. The van der Waals surface area contributed by atoms with Crippen molar-refractivity contribution >= 4 is 23.1 Å². The van der Waals surface area contributed by atoms with E-state index in [0.717, 1.165) is 11.1 Å². The van der Waals surface area contributed by atoms with E-state index in [-0.39, 0.29) is 41.2 Å². The van der Waals surface area contributed by atoms with E-state index in [9.17, 15) is 15.0 Å². The van der Waals surface area contributed by atoms with Crippen LogP contribution in [0.5, 0.6) is 5.75 Å². The van der Waals surface area contributed by atoms with Gasteiger partial charge in [-0.3, -0.25) is 24.3 Å². The van der Waals surface area contributed by atoms with Gasteiger partial charge in [0.05, 0.1) is 24.0 Å². The molecule has 0 bridgehead atoms. The topological polar surface area (TPSA) is 194 Å². The molecule has 7 N–H and O–H groups in total. The number of nitrogens with one attached hydrogen (secondary N) is 1. The Morgan fingerprint density at radius 1 is 1.17 bits per heavy atom. The Bertz CT molecular complexity index is 1470. The maximum atomic E-state index is 11.9. The maximum absolute atomic E-state index is 11.9. The molecular formula is C23H25N9O3. The van der Waals surface area contributed by atoms with E-state index in [2.05, 4.69) is 20.1 Å². The normalized spacial score (nSPS) is 11.8. The molecule has 0 aliphatic carbocycles. The first-order chi connectivity index (χ1) is 16.7. The summed E-state index contributed by atoms with van der Waals surface area (Å²) in [7, 11) is 0. The average Bonchev–Trinajstić information content (AvgIpc) is 3.35. The number of rotatable bonds is 7. The monoisotopic (exact) mass is 475 g/mol. The van der Waals surface area contributed by atoms with Gasteiger partial charge in [-0.2, -0.15) is 5.10 Å². The Morgan fingerprint density at radius 2 is 1.86 bits per heavy atom. The molecule has 12 nitrogen and oxygen atoms in total. The summed E-state index contributed by atoms with van der Waals surface area (Å²) in [4.78, 5) is 24.4. The predicted molar refractivity (Wildman–Crippen MR) is 128 cm³/mol. The lowest BCUT2D eigenvalue weighted by Gasteiger charge is -2.08. The van der Waals surface area contributed by atoms with Crippen LogP contribution in [-0.2, 0) is 19.6 Å². The molecule has 3 heterocycles. The first-order valence-electron chi connectivity index (χ1n) is 10.7. The van der Waals surface area contributed by atoms with Crippen molar-refractivity contribution in [2.45, 2.75) is 33.4 Å².